The van der Waals surface area contributed by atoms with E-state index in [2.05, 4.69) is 0 Å². The molecule has 4 rings (SSSR count). The van der Waals surface area contributed by atoms with Crippen molar-refractivity contribution in [3.8, 4) is 0 Å². The predicted molar refractivity (Wildman–Crippen MR) is 134 cm³/mol. The van der Waals surface area contributed by atoms with Gasteiger partial charge in [-0.1, -0.05) is 0 Å². The molecule has 0 bridgehead atoms. The smallest absolute Gasteiger partial charge is 0.335 e. The predicted octanol–water partition coefficient (Wildman–Crippen LogP) is -9.66. The molecule has 268 valence electrons. The molecule has 0 aromatic heterocycles. The molecule has 20 atom stereocenters. The summed E-state index contributed by atoms with van der Waals surface area (Å²) in [5.74, 6) is -1.81. The van der Waals surface area contributed by atoms with Crippen LogP contribution in [0.25, 0.3) is 0 Å². The molecule has 4 heterocycles. The maximum absolute atomic E-state index is 12.1. The Morgan fingerprint density at radius 2 is 0.848 bits per heavy atom. The van der Waals surface area contributed by atoms with E-state index in [0.29, 0.717) is 0 Å². The van der Waals surface area contributed by atoms with E-state index in [1.54, 1.807) is 0 Å². The summed E-state index contributed by atoms with van der Waals surface area (Å²) in [6.45, 7) is -2.65. The summed E-state index contributed by atoms with van der Waals surface area (Å²) in [5, 5.41) is 142. The molecule has 4 saturated heterocycles. The van der Waals surface area contributed by atoms with Crippen LogP contribution in [0, 0.1) is 0 Å². The van der Waals surface area contributed by atoms with Gasteiger partial charge < -0.3 is 105 Å². The third-order valence-corrected chi connectivity index (χ3v) is 8.17. The quantitative estimate of drug-likeness (QED) is 0.102. The van der Waals surface area contributed by atoms with Crippen molar-refractivity contribution in [1.29, 1.82) is 0 Å². The Kier molecular flexibility index (Phi) is 12.6. The second-order valence-electron chi connectivity index (χ2n) is 11.2. The van der Waals surface area contributed by atoms with Gasteiger partial charge in [-0.25, -0.2) is 4.79 Å². The highest BCUT2D eigenvalue weighted by Gasteiger charge is 2.56. The molecule has 4 aliphatic rings. The molecule has 0 unspecified atom stereocenters. The zero-order valence-corrected chi connectivity index (χ0v) is 23.7. The van der Waals surface area contributed by atoms with Gasteiger partial charge in [0.1, 0.15) is 91.6 Å². The molecule has 22 heteroatoms. The average molecular weight is 681 g/mol. The van der Waals surface area contributed by atoms with Crippen molar-refractivity contribution >= 4 is 5.97 Å². The highest BCUT2D eigenvalue weighted by Crippen LogP contribution is 2.34. The Balaban J connectivity index is 1.46. The van der Waals surface area contributed by atoms with Crippen molar-refractivity contribution in [2.75, 3.05) is 19.8 Å². The van der Waals surface area contributed by atoms with Crippen LogP contribution < -0.4 is 0 Å². The van der Waals surface area contributed by atoms with Crippen LogP contribution in [-0.4, -0.2) is 220 Å². The van der Waals surface area contributed by atoms with Gasteiger partial charge in [-0.2, -0.15) is 0 Å². The lowest BCUT2D eigenvalue weighted by Gasteiger charge is -2.48. The van der Waals surface area contributed by atoms with Gasteiger partial charge in [0.2, 0.25) is 0 Å². The lowest BCUT2D eigenvalue weighted by molar-refractivity contribution is -0.384. The molecule has 4 aliphatic heterocycles. The number of aliphatic hydroxyl groups excluding tert-OH is 13. The normalized spacial score (nSPS) is 51.9. The van der Waals surface area contributed by atoms with Crippen LogP contribution in [-0.2, 0) is 38.0 Å². The molecular weight excluding hydrogens is 640 g/mol. The number of hydrogen-bond donors (Lipinski definition) is 14. The van der Waals surface area contributed by atoms with E-state index in [-0.39, 0.29) is 0 Å². The van der Waals surface area contributed by atoms with Gasteiger partial charge in [-0.15, -0.1) is 0 Å². The monoisotopic (exact) mass is 680 g/mol. The lowest BCUT2D eigenvalue weighted by atomic mass is 9.95. The van der Waals surface area contributed by atoms with Crippen LogP contribution in [0.1, 0.15) is 0 Å². The Labute approximate surface area is 258 Å². The molecule has 0 aliphatic carbocycles. The summed E-state index contributed by atoms with van der Waals surface area (Å²) >= 11 is 0. The first-order valence-electron chi connectivity index (χ1n) is 14.1. The molecule has 4 fully saturated rings. The molecule has 22 nitrogen and oxygen atoms in total. The van der Waals surface area contributed by atoms with E-state index in [1.165, 1.54) is 0 Å². The third-order valence-electron chi connectivity index (χ3n) is 8.17. The van der Waals surface area contributed by atoms with Crippen molar-refractivity contribution in [1.82, 2.24) is 0 Å². The summed E-state index contributed by atoms with van der Waals surface area (Å²) in [6.07, 6.45) is -38.1. The van der Waals surface area contributed by atoms with Gasteiger partial charge in [-0.3, -0.25) is 0 Å². The van der Waals surface area contributed by atoms with Crippen LogP contribution in [0.4, 0.5) is 0 Å². The van der Waals surface area contributed by atoms with Crippen molar-refractivity contribution in [3.05, 3.63) is 0 Å². The van der Waals surface area contributed by atoms with Crippen molar-refractivity contribution in [2.45, 2.75) is 123 Å². The van der Waals surface area contributed by atoms with Crippen LogP contribution >= 0.6 is 0 Å². The minimum Gasteiger partial charge on any atom is -0.479 e. The Morgan fingerprint density at radius 1 is 0.457 bits per heavy atom. The topological polar surface area (TPSA) is 365 Å². The van der Waals surface area contributed by atoms with E-state index in [9.17, 15) is 76.3 Å². The number of aliphatic hydroxyl groups is 13. The second-order valence-corrected chi connectivity index (χ2v) is 11.2. The average Bonchev–Trinajstić information content (AvgIpc) is 3.03. The highest BCUT2D eigenvalue weighted by atomic mass is 16.8. The minimum atomic E-state index is -2.21. The van der Waals surface area contributed by atoms with Crippen molar-refractivity contribution < 1.29 is 109 Å². The summed E-state index contributed by atoms with van der Waals surface area (Å²) in [7, 11) is 0. The number of carboxylic acid groups (broad SMARTS) is 1. The largest absolute Gasteiger partial charge is 0.479 e. The zero-order valence-electron chi connectivity index (χ0n) is 23.7. The maximum atomic E-state index is 12.1. The highest BCUT2D eigenvalue weighted by molar-refractivity contribution is 5.73. The van der Waals surface area contributed by atoms with Gasteiger partial charge in [0.05, 0.1) is 19.8 Å². The number of ether oxygens (including phenoxy) is 7. The number of hydrogen-bond acceptors (Lipinski definition) is 21. The molecule has 46 heavy (non-hydrogen) atoms. The van der Waals surface area contributed by atoms with Crippen molar-refractivity contribution in [3.63, 3.8) is 0 Å². The number of carbonyl (C=O) groups is 1. The Morgan fingerprint density at radius 3 is 1.35 bits per heavy atom. The van der Waals surface area contributed by atoms with E-state index < -0.39 is 149 Å². The van der Waals surface area contributed by atoms with Crippen LogP contribution in [0.15, 0.2) is 0 Å². The van der Waals surface area contributed by atoms with E-state index in [0.717, 1.165) is 0 Å². The van der Waals surface area contributed by atoms with Crippen molar-refractivity contribution in [2.24, 2.45) is 0 Å². The molecule has 0 spiro atoms. The number of carboxylic acids is 1. The van der Waals surface area contributed by atoms with Crippen LogP contribution in [0.2, 0.25) is 0 Å². The fourth-order valence-electron chi connectivity index (χ4n) is 5.51. The van der Waals surface area contributed by atoms with Gasteiger partial charge in [0.25, 0.3) is 0 Å². The second kappa shape index (κ2) is 15.5. The number of aliphatic carboxylic acids is 1. The van der Waals surface area contributed by atoms with Gasteiger partial charge in [0, 0.05) is 0 Å². The molecular formula is C24H40O22. The summed E-state index contributed by atoms with van der Waals surface area (Å²) < 4.78 is 37.0. The standard InChI is InChI=1S/C24H40O22/c25-1-4-7(28)8(29)13(34)22(41-4)43-17-6(3-27)42-23(14(35)10(17)31)45-18-11(32)15(36)24(46-19(18)20(37)38)44-16-5(2-26)40-21(39)12(33)9(16)30/h4-19,21-36,39H,1-3H2,(H,37,38)/t4-,5-,6-,7-,8+,9-,10-,11-,12-,13-,14-,15-,16-,17+,18+,19+,21-,22-,23-,24-/m1/s1. The van der Waals surface area contributed by atoms with E-state index >= 15 is 0 Å². The van der Waals surface area contributed by atoms with E-state index in [1.807, 2.05) is 0 Å². The summed E-state index contributed by atoms with van der Waals surface area (Å²) in [4.78, 5) is 12.1. The van der Waals surface area contributed by atoms with Gasteiger partial charge in [-0.05, 0) is 0 Å². The first-order valence-corrected chi connectivity index (χ1v) is 14.1. The first kappa shape index (κ1) is 37.5. The molecule has 0 radical (unpaired) electrons. The molecule has 0 saturated carbocycles. The Hall–Kier alpha value is -1.33. The summed E-state index contributed by atoms with van der Waals surface area (Å²) in [5.41, 5.74) is 0. The maximum Gasteiger partial charge on any atom is 0.335 e. The van der Waals surface area contributed by atoms with Gasteiger partial charge in [0.15, 0.2) is 31.3 Å². The van der Waals surface area contributed by atoms with Crippen LogP contribution in [0.5, 0.6) is 0 Å². The van der Waals surface area contributed by atoms with E-state index in [4.69, 9.17) is 33.2 Å². The summed E-state index contributed by atoms with van der Waals surface area (Å²) in [6, 6.07) is 0. The number of rotatable bonds is 10. The van der Waals surface area contributed by atoms with Crippen LogP contribution in [0.3, 0.4) is 0 Å². The Bertz CT molecular complexity index is 986. The third kappa shape index (κ3) is 7.31. The minimum absolute atomic E-state index is 0.813. The zero-order chi connectivity index (χ0) is 34.2. The molecule has 0 aromatic rings. The molecule has 0 amide bonds. The SMILES string of the molecule is O=C(O)[C@H]1O[C@@H](O[C@H]2[C@H](O)[C@@H](O)[C@H](O)O[C@@H]2CO)[C@H](O)[C@@H](O)[C@@H]1O[C@H]1O[C@H](CO)[C@H](O[C@H]2O[C@H](CO)[C@@H](O)[C@H](O)[C@H]2O)[C@H](O)[C@H]1O. The molecule has 0 aromatic carbocycles. The first-order chi connectivity index (χ1) is 21.7. The fraction of sp³-hybridized carbons (Fsp3) is 0.958. The lowest BCUT2D eigenvalue weighted by Crippen LogP contribution is -2.68. The molecule has 14 N–H and O–H groups in total. The van der Waals surface area contributed by atoms with Gasteiger partial charge >= 0.3 is 5.97 Å². The fourth-order valence-corrected chi connectivity index (χ4v) is 5.51.